The minimum Gasteiger partial charge on any atom is -0.458 e. The Hall–Kier alpha value is -3.14. The Morgan fingerprint density at radius 2 is 1.29 bits per heavy atom. The molecule has 1 aromatic rings. The maximum absolute atomic E-state index is 12.6. The van der Waals surface area contributed by atoms with Crippen LogP contribution in [0.3, 0.4) is 0 Å². The molecule has 10 nitrogen and oxygen atoms in total. The molecule has 0 saturated carbocycles. The van der Waals surface area contributed by atoms with Gasteiger partial charge in [-0.25, -0.2) is 4.79 Å². The fraction of sp³-hybridized carbons (Fsp3) is 0.643. The Balaban J connectivity index is 2.89. The summed E-state index contributed by atoms with van der Waals surface area (Å²) in [6.45, 7) is 14.3. The summed E-state index contributed by atoms with van der Waals surface area (Å²) in [5.74, 6) is -1.28. The molecule has 0 aliphatic rings. The summed E-state index contributed by atoms with van der Waals surface area (Å²) in [5.41, 5.74) is 6.64. The number of esters is 3. The van der Waals surface area contributed by atoms with Gasteiger partial charge in [0.2, 0.25) is 0 Å². The monoisotopic (exact) mass is 537 g/mol. The van der Waals surface area contributed by atoms with Crippen molar-refractivity contribution in [2.45, 2.75) is 105 Å². The first-order valence-electron chi connectivity index (χ1n) is 13.1. The lowest BCUT2D eigenvalue weighted by Crippen LogP contribution is -2.39. The van der Waals surface area contributed by atoms with Crippen LogP contribution >= 0.6 is 0 Å². The van der Waals surface area contributed by atoms with Crippen LogP contribution in [-0.2, 0) is 35.0 Å². The molecule has 0 spiro atoms. The lowest BCUT2D eigenvalue weighted by molar-refractivity contribution is -0.155. The Morgan fingerprint density at radius 1 is 0.763 bits per heavy atom. The van der Waals surface area contributed by atoms with E-state index >= 15 is 0 Å². The second-order valence-electron chi connectivity index (χ2n) is 10.3. The van der Waals surface area contributed by atoms with Crippen molar-refractivity contribution in [3.63, 3.8) is 0 Å². The maximum atomic E-state index is 12.6. The summed E-state index contributed by atoms with van der Waals surface area (Å²) in [5, 5.41) is 0. The number of nitrogens with two attached hydrogens (primary N) is 1. The highest BCUT2D eigenvalue weighted by molar-refractivity contribution is 5.77. The molecule has 214 valence electrons. The second kappa shape index (κ2) is 16.0. The van der Waals surface area contributed by atoms with Crippen LogP contribution in [0.25, 0.3) is 0 Å². The number of hydrogen-bond donors (Lipinski definition) is 1. The van der Waals surface area contributed by atoms with Crippen molar-refractivity contribution in [1.29, 1.82) is 0 Å². The van der Waals surface area contributed by atoms with Crippen molar-refractivity contribution in [2.24, 2.45) is 17.6 Å². The van der Waals surface area contributed by atoms with Gasteiger partial charge in [0.25, 0.3) is 0 Å². The molecule has 1 aromatic carbocycles. The van der Waals surface area contributed by atoms with Crippen LogP contribution in [0.2, 0.25) is 0 Å². The predicted octanol–water partition coefficient (Wildman–Crippen LogP) is 4.73. The van der Waals surface area contributed by atoms with E-state index in [1.165, 1.54) is 12.1 Å². The maximum Gasteiger partial charge on any atom is 0.508 e. The van der Waals surface area contributed by atoms with Crippen LogP contribution in [0.15, 0.2) is 18.2 Å². The molecule has 1 unspecified atom stereocenters. The van der Waals surface area contributed by atoms with Gasteiger partial charge in [-0.15, -0.1) is 0 Å². The zero-order valence-corrected chi connectivity index (χ0v) is 23.8. The van der Waals surface area contributed by atoms with Crippen LogP contribution in [0, 0.1) is 11.8 Å². The molecule has 0 aliphatic heterocycles. The van der Waals surface area contributed by atoms with Gasteiger partial charge in [0, 0.05) is 12.8 Å². The third kappa shape index (κ3) is 12.4. The molecule has 0 amide bonds. The average molecular weight is 538 g/mol. The van der Waals surface area contributed by atoms with E-state index in [4.69, 9.17) is 29.4 Å². The number of rotatable bonds is 14. The molecule has 0 aromatic heterocycles. The molecule has 2 N–H and O–H groups in total. The molecule has 0 bridgehead atoms. The molecule has 0 aliphatic carbocycles. The normalized spacial score (nSPS) is 14.3. The smallest absolute Gasteiger partial charge is 0.458 e. The largest absolute Gasteiger partial charge is 0.508 e. The van der Waals surface area contributed by atoms with Crippen LogP contribution in [0.4, 0.5) is 4.79 Å². The van der Waals surface area contributed by atoms with E-state index in [2.05, 4.69) is 0 Å². The van der Waals surface area contributed by atoms with Crippen LogP contribution in [0.1, 0.15) is 80.2 Å². The quantitative estimate of drug-likeness (QED) is 0.261. The van der Waals surface area contributed by atoms with Gasteiger partial charge in [-0.2, -0.15) is 0 Å². The summed E-state index contributed by atoms with van der Waals surface area (Å²) in [4.78, 5) is 48.9. The number of ether oxygens (including phenoxy) is 5. The van der Waals surface area contributed by atoms with Crippen LogP contribution in [-0.4, -0.2) is 48.4 Å². The van der Waals surface area contributed by atoms with E-state index in [1.807, 2.05) is 34.6 Å². The standard InChI is InChI=1S/C28H43NO9/c1-9-18(6)34-28(33)36-20(8)19(7)35-27(32)22(29)14-21-10-11-23(37-25(30)12-16(2)3)24(15-21)38-26(31)13-17(4)5/h10-11,15-20,22H,9,12-14,29H2,1-8H3/t18?,19-,20-,22-/m0/s1. The lowest BCUT2D eigenvalue weighted by atomic mass is 10.1. The molecule has 0 heterocycles. The fourth-order valence-electron chi connectivity index (χ4n) is 3.07. The Kier molecular flexibility index (Phi) is 13.8. The first-order chi connectivity index (χ1) is 17.7. The molecule has 10 heteroatoms. The highest BCUT2D eigenvalue weighted by Crippen LogP contribution is 2.30. The summed E-state index contributed by atoms with van der Waals surface area (Å²) in [6, 6.07) is 3.60. The Bertz CT molecular complexity index is 944. The molecule has 4 atom stereocenters. The molecule has 1 rings (SSSR count). The number of hydrogen-bond acceptors (Lipinski definition) is 10. The zero-order chi connectivity index (χ0) is 29.0. The molecular weight excluding hydrogens is 494 g/mol. The minimum atomic E-state index is -1.05. The third-order valence-electron chi connectivity index (χ3n) is 5.48. The third-order valence-corrected chi connectivity index (χ3v) is 5.48. The van der Waals surface area contributed by atoms with Gasteiger partial charge in [-0.3, -0.25) is 14.4 Å². The topological polar surface area (TPSA) is 140 Å². The summed E-state index contributed by atoms with van der Waals surface area (Å²) in [7, 11) is 0. The number of carbonyl (C=O) groups is 4. The van der Waals surface area contributed by atoms with E-state index in [0.29, 0.717) is 12.0 Å². The zero-order valence-electron chi connectivity index (χ0n) is 23.8. The first-order valence-corrected chi connectivity index (χ1v) is 13.1. The van der Waals surface area contributed by atoms with Crippen molar-refractivity contribution in [3.8, 4) is 11.5 Å². The van der Waals surface area contributed by atoms with Crippen LogP contribution < -0.4 is 15.2 Å². The fourth-order valence-corrected chi connectivity index (χ4v) is 3.07. The van der Waals surface area contributed by atoms with E-state index in [1.54, 1.807) is 26.8 Å². The Labute approximate surface area is 225 Å². The van der Waals surface area contributed by atoms with Gasteiger partial charge in [0.05, 0.1) is 0 Å². The highest BCUT2D eigenvalue weighted by atomic mass is 16.7. The average Bonchev–Trinajstić information content (AvgIpc) is 2.79. The minimum absolute atomic E-state index is 0.0613. The van der Waals surface area contributed by atoms with Crippen LogP contribution in [0.5, 0.6) is 11.5 Å². The van der Waals surface area contributed by atoms with E-state index in [0.717, 1.165) is 0 Å². The molecule has 0 radical (unpaired) electrons. The summed E-state index contributed by atoms with van der Waals surface area (Å²) < 4.78 is 26.5. The van der Waals surface area contributed by atoms with Gasteiger partial charge in [0.15, 0.2) is 11.5 Å². The highest BCUT2D eigenvalue weighted by Gasteiger charge is 2.26. The SMILES string of the molecule is CCC(C)OC(=O)O[C@@H](C)[C@H](C)OC(=O)[C@@H](N)Cc1ccc(OC(=O)CC(C)C)c(OC(=O)CC(C)C)c1. The summed E-state index contributed by atoms with van der Waals surface area (Å²) >= 11 is 0. The number of benzene rings is 1. The van der Waals surface area contributed by atoms with E-state index < -0.39 is 42.3 Å². The molecule has 38 heavy (non-hydrogen) atoms. The van der Waals surface area contributed by atoms with Crippen molar-refractivity contribution < 1.29 is 42.9 Å². The van der Waals surface area contributed by atoms with Gasteiger partial charge in [-0.05, 0) is 63.1 Å². The van der Waals surface area contributed by atoms with E-state index in [-0.39, 0.29) is 48.7 Å². The van der Waals surface area contributed by atoms with Gasteiger partial charge in [0.1, 0.15) is 24.4 Å². The molecule has 0 fully saturated rings. The van der Waals surface area contributed by atoms with Crippen molar-refractivity contribution >= 4 is 24.1 Å². The van der Waals surface area contributed by atoms with Crippen molar-refractivity contribution in [3.05, 3.63) is 23.8 Å². The van der Waals surface area contributed by atoms with Gasteiger partial charge >= 0.3 is 24.1 Å². The van der Waals surface area contributed by atoms with Gasteiger partial charge in [-0.1, -0.05) is 40.7 Å². The second-order valence-corrected chi connectivity index (χ2v) is 10.3. The number of carbonyl (C=O) groups excluding carboxylic acids is 4. The first kappa shape index (κ1) is 32.9. The van der Waals surface area contributed by atoms with Crippen molar-refractivity contribution in [2.75, 3.05) is 0 Å². The molecular formula is C28H43NO9. The molecule has 0 saturated heterocycles. The Morgan fingerprint density at radius 3 is 1.82 bits per heavy atom. The van der Waals surface area contributed by atoms with Crippen molar-refractivity contribution in [1.82, 2.24) is 0 Å². The lowest BCUT2D eigenvalue weighted by Gasteiger charge is -2.23. The summed E-state index contributed by atoms with van der Waals surface area (Å²) in [6.07, 6.45) is -1.57. The predicted molar refractivity (Wildman–Crippen MR) is 141 cm³/mol. The van der Waals surface area contributed by atoms with Gasteiger partial charge < -0.3 is 29.4 Å². The van der Waals surface area contributed by atoms with E-state index in [9.17, 15) is 19.2 Å².